The van der Waals surface area contributed by atoms with E-state index in [0.717, 1.165) is 22.3 Å². The number of aryl methyl sites for hydroxylation is 2. The van der Waals surface area contributed by atoms with E-state index in [9.17, 15) is 4.79 Å². The summed E-state index contributed by atoms with van der Waals surface area (Å²) in [4.78, 5) is 19.4. The van der Waals surface area contributed by atoms with Crippen molar-refractivity contribution in [2.24, 2.45) is 7.05 Å². The maximum Gasteiger partial charge on any atom is 0.318 e. The molecule has 2 rings (SSSR count). The summed E-state index contributed by atoms with van der Waals surface area (Å²) in [5, 5.41) is 9.83. The lowest BCUT2D eigenvalue weighted by atomic mass is 9.97. The van der Waals surface area contributed by atoms with E-state index in [0.29, 0.717) is 6.01 Å². The molecule has 0 radical (unpaired) electrons. The molecule has 2 aromatic rings. The summed E-state index contributed by atoms with van der Waals surface area (Å²) in [5.74, 6) is -0.895. The fraction of sp³-hybridized carbons (Fsp3) is 0.462. The quantitative estimate of drug-likeness (QED) is 0.911. The normalized spacial score (nSPS) is 12.6. The number of carbonyl (C=O) groups is 1. The maximum absolute atomic E-state index is 10.9. The second-order valence-corrected chi connectivity index (χ2v) is 4.69. The Bertz CT molecular complexity index is 634. The second-order valence-electron chi connectivity index (χ2n) is 4.69. The van der Waals surface area contributed by atoms with Crippen molar-refractivity contribution in [2.75, 3.05) is 7.11 Å². The molecule has 0 fully saturated rings. The number of carboxylic acids is 1. The van der Waals surface area contributed by atoms with Gasteiger partial charge in [0.05, 0.1) is 19.2 Å². The van der Waals surface area contributed by atoms with Gasteiger partial charge in [-0.15, -0.1) is 0 Å². The van der Waals surface area contributed by atoms with Gasteiger partial charge < -0.3 is 14.4 Å². The molecule has 0 aromatic carbocycles. The molecular weight excluding hydrogens is 246 g/mol. The van der Waals surface area contributed by atoms with E-state index in [1.807, 2.05) is 31.7 Å². The Morgan fingerprint density at radius 2 is 2.21 bits per heavy atom. The van der Waals surface area contributed by atoms with Gasteiger partial charge in [0.2, 0.25) is 0 Å². The highest BCUT2D eigenvalue weighted by molar-refractivity contribution is 5.84. The van der Waals surface area contributed by atoms with Crippen LogP contribution in [0.4, 0.5) is 0 Å². The van der Waals surface area contributed by atoms with Crippen LogP contribution in [0.25, 0.3) is 11.0 Å². The highest BCUT2D eigenvalue weighted by Crippen LogP contribution is 2.30. The average molecular weight is 263 g/mol. The monoisotopic (exact) mass is 263 g/mol. The summed E-state index contributed by atoms with van der Waals surface area (Å²) < 4.78 is 6.94. The molecule has 0 aliphatic carbocycles. The predicted molar refractivity (Wildman–Crippen MR) is 70.5 cm³/mol. The van der Waals surface area contributed by atoms with Crippen LogP contribution in [-0.4, -0.2) is 32.7 Å². The largest absolute Gasteiger partial charge is 0.481 e. The van der Waals surface area contributed by atoms with E-state index in [-0.39, 0.29) is 12.3 Å². The molecule has 0 amide bonds. The van der Waals surface area contributed by atoms with Crippen molar-refractivity contribution >= 4 is 17.0 Å². The van der Waals surface area contributed by atoms with Crippen molar-refractivity contribution in [1.82, 2.24) is 14.5 Å². The first kappa shape index (κ1) is 13.3. The van der Waals surface area contributed by atoms with Crippen molar-refractivity contribution in [3.8, 4) is 6.01 Å². The van der Waals surface area contributed by atoms with Gasteiger partial charge >= 0.3 is 12.0 Å². The Labute approximate surface area is 111 Å². The molecule has 0 bridgehead atoms. The number of carboxylic acid groups (broad SMARTS) is 1. The lowest BCUT2D eigenvalue weighted by Gasteiger charge is -2.08. The lowest BCUT2D eigenvalue weighted by Crippen LogP contribution is -2.03. The van der Waals surface area contributed by atoms with Crippen LogP contribution in [0.2, 0.25) is 0 Å². The van der Waals surface area contributed by atoms with Gasteiger partial charge in [-0.05, 0) is 18.4 Å². The highest BCUT2D eigenvalue weighted by atomic mass is 16.5. The topological polar surface area (TPSA) is 77.2 Å². The third-order valence-electron chi connectivity index (χ3n) is 3.20. The minimum atomic E-state index is -0.809. The number of methoxy groups -OCH3 is 1. The van der Waals surface area contributed by atoms with E-state index < -0.39 is 5.97 Å². The summed E-state index contributed by atoms with van der Waals surface area (Å²) in [7, 11) is 3.41. The van der Waals surface area contributed by atoms with Crippen LogP contribution in [0, 0.1) is 6.92 Å². The highest BCUT2D eigenvalue weighted by Gasteiger charge is 2.19. The molecule has 6 nitrogen and oxygen atoms in total. The predicted octanol–water partition coefficient (Wildman–Crippen LogP) is 1.86. The van der Waals surface area contributed by atoms with Crippen LogP contribution in [0.1, 0.15) is 30.5 Å². The Morgan fingerprint density at radius 3 is 2.79 bits per heavy atom. The molecule has 1 N–H and O–H groups in total. The van der Waals surface area contributed by atoms with Crippen molar-refractivity contribution in [3.63, 3.8) is 0 Å². The van der Waals surface area contributed by atoms with E-state index >= 15 is 0 Å². The zero-order chi connectivity index (χ0) is 14.2. The molecule has 0 saturated carbocycles. The van der Waals surface area contributed by atoms with Crippen LogP contribution >= 0.6 is 0 Å². The summed E-state index contributed by atoms with van der Waals surface area (Å²) in [5.41, 5.74) is 2.52. The number of aliphatic carboxylic acids is 1. The molecule has 6 heteroatoms. The van der Waals surface area contributed by atoms with E-state index in [2.05, 4.69) is 9.97 Å². The molecule has 1 unspecified atom stereocenters. The Hall–Kier alpha value is -2.11. The van der Waals surface area contributed by atoms with Crippen LogP contribution in [0.15, 0.2) is 6.20 Å². The molecular formula is C13H17N3O3. The SMILES string of the molecule is COc1nc(C)c2c(C(C)CC(=O)O)cn(C)c2n1. The van der Waals surface area contributed by atoms with Gasteiger partial charge in [0.15, 0.2) is 0 Å². The first-order valence-corrected chi connectivity index (χ1v) is 6.03. The van der Waals surface area contributed by atoms with Gasteiger partial charge in [0.1, 0.15) is 5.65 Å². The first-order valence-electron chi connectivity index (χ1n) is 6.03. The Balaban J connectivity index is 2.61. The number of ether oxygens (including phenoxy) is 1. The molecule has 102 valence electrons. The van der Waals surface area contributed by atoms with Crippen LogP contribution in [0.3, 0.4) is 0 Å². The molecule has 0 spiro atoms. The van der Waals surface area contributed by atoms with Gasteiger partial charge in [-0.3, -0.25) is 4.79 Å². The van der Waals surface area contributed by atoms with Gasteiger partial charge in [0, 0.05) is 18.6 Å². The van der Waals surface area contributed by atoms with Crippen LogP contribution in [0.5, 0.6) is 6.01 Å². The molecule has 0 saturated heterocycles. The third-order valence-corrected chi connectivity index (χ3v) is 3.20. The van der Waals surface area contributed by atoms with E-state index in [4.69, 9.17) is 9.84 Å². The zero-order valence-electron chi connectivity index (χ0n) is 11.5. The minimum Gasteiger partial charge on any atom is -0.481 e. The standard InChI is InChI=1S/C13H17N3O3/c1-7(5-10(17)18)9-6-16(3)12-11(9)8(2)14-13(15-12)19-4/h6-7H,5H2,1-4H3,(H,17,18). The van der Waals surface area contributed by atoms with Crippen molar-refractivity contribution < 1.29 is 14.6 Å². The number of hydrogen-bond donors (Lipinski definition) is 1. The smallest absolute Gasteiger partial charge is 0.318 e. The van der Waals surface area contributed by atoms with Crippen molar-refractivity contribution in [3.05, 3.63) is 17.5 Å². The van der Waals surface area contributed by atoms with Gasteiger partial charge in [-0.2, -0.15) is 9.97 Å². The number of aromatic nitrogens is 3. The number of hydrogen-bond acceptors (Lipinski definition) is 4. The van der Waals surface area contributed by atoms with Crippen molar-refractivity contribution in [2.45, 2.75) is 26.2 Å². The van der Waals surface area contributed by atoms with Gasteiger partial charge in [-0.1, -0.05) is 6.92 Å². The average Bonchev–Trinajstić information content (AvgIpc) is 2.66. The molecule has 0 aliphatic heterocycles. The number of fused-ring (bicyclic) bond motifs is 1. The fourth-order valence-electron chi connectivity index (χ4n) is 2.30. The molecule has 2 heterocycles. The van der Waals surface area contributed by atoms with Crippen LogP contribution in [-0.2, 0) is 11.8 Å². The minimum absolute atomic E-state index is 0.0862. The van der Waals surface area contributed by atoms with Crippen LogP contribution < -0.4 is 4.74 Å². The summed E-state index contributed by atoms with van der Waals surface area (Å²) in [6.45, 7) is 3.77. The maximum atomic E-state index is 10.9. The second kappa shape index (κ2) is 4.87. The Kier molecular flexibility index (Phi) is 3.42. The van der Waals surface area contributed by atoms with Gasteiger partial charge in [-0.25, -0.2) is 0 Å². The molecule has 19 heavy (non-hydrogen) atoms. The Morgan fingerprint density at radius 1 is 1.53 bits per heavy atom. The van der Waals surface area contributed by atoms with Crippen molar-refractivity contribution in [1.29, 1.82) is 0 Å². The fourth-order valence-corrected chi connectivity index (χ4v) is 2.30. The first-order chi connectivity index (χ1) is 8.93. The van der Waals surface area contributed by atoms with Gasteiger partial charge in [0.25, 0.3) is 0 Å². The number of nitrogens with zero attached hydrogens (tertiary/aromatic N) is 3. The third kappa shape index (κ3) is 2.38. The summed E-state index contributed by atoms with van der Waals surface area (Å²) in [6.07, 6.45) is 2.00. The molecule has 2 aromatic heterocycles. The molecule has 1 atom stereocenters. The van der Waals surface area contributed by atoms with E-state index in [1.54, 1.807) is 0 Å². The van der Waals surface area contributed by atoms with E-state index in [1.165, 1.54) is 7.11 Å². The molecule has 0 aliphatic rings. The lowest BCUT2D eigenvalue weighted by molar-refractivity contribution is -0.137. The zero-order valence-corrected chi connectivity index (χ0v) is 11.5. The number of rotatable bonds is 4. The summed E-state index contributed by atoms with van der Waals surface area (Å²) >= 11 is 0. The summed E-state index contributed by atoms with van der Waals surface area (Å²) in [6, 6.07) is 0.323.